The fourth-order valence-corrected chi connectivity index (χ4v) is 1.28. The van der Waals surface area contributed by atoms with Gasteiger partial charge in [-0.25, -0.2) is 0 Å². The molecule has 0 unspecified atom stereocenters. The van der Waals surface area contributed by atoms with E-state index >= 15 is 0 Å². The monoisotopic (exact) mass is 226 g/mol. The maximum atomic E-state index is 5.82. The molecule has 0 amide bonds. The van der Waals surface area contributed by atoms with Crippen molar-refractivity contribution in [2.45, 2.75) is 12.5 Å². The first-order valence-electron chi connectivity index (χ1n) is 3.72. The van der Waals surface area contributed by atoms with Crippen LogP contribution in [0.4, 0.5) is 0 Å². The van der Waals surface area contributed by atoms with Gasteiger partial charge in [0.1, 0.15) is 0 Å². The number of aromatic nitrogens is 1. The minimum absolute atomic E-state index is 0.0417. The van der Waals surface area contributed by atoms with Crippen molar-refractivity contribution in [1.29, 1.82) is 0 Å². The van der Waals surface area contributed by atoms with Crippen molar-refractivity contribution < 1.29 is 0 Å². The lowest BCUT2D eigenvalue weighted by Crippen LogP contribution is -2.10. The molecule has 12 heavy (non-hydrogen) atoms. The van der Waals surface area contributed by atoms with Crippen molar-refractivity contribution in [2.75, 3.05) is 0 Å². The Morgan fingerprint density at radius 3 is 3.08 bits per heavy atom. The van der Waals surface area contributed by atoms with E-state index in [-0.39, 0.29) is 6.04 Å². The Morgan fingerprint density at radius 2 is 2.50 bits per heavy atom. The Hall–Kier alpha value is -0.670. The second-order valence-corrected chi connectivity index (χ2v) is 3.45. The van der Waals surface area contributed by atoms with Gasteiger partial charge in [0.25, 0.3) is 0 Å². The third-order valence-electron chi connectivity index (χ3n) is 1.54. The van der Waals surface area contributed by atoms with Crippen molar-refractivity contribution in [1.82, 2.24) is 4.98 Å². The van der Waals surface area contributed by atoms with Crippen LogP contribution in [0.25, 0.3) is 0 Å². The number of hydrogen-bond donors (Lipinski definition) is 1. The molecule has 2 nitrogen and oxygen atoms in total. The minimum atomic E-state index is -0.0417. The molecule has 0 fully saturated rings. The molecule has 1 rings (SSSR count). The molecule has 3 heteroatoms. The zero-order valence-corrected chi connectivity index (χ0v) is 8.29. The first kappa shape index (κ1) is 9.42. The summed E-state index contributed by atoms with van der Waals surface area (Å²) in [4.78, 5) is 4.16. The van der Waals surface area contributed by atoms with Crippen molar-refractivity contribution in [2.24, 2.45) is 5.73 Å². The fraction of sp³-hybridized carbons (Fsp3) is 0.222. The molecule has 0 saturated heterocycles. The molecule has 0 aromatic carbocycles. The Bertz CT molecular complexity index is 273. The van der Waals surface area contributed by atoms with E-state index in [2.05, 4.69) is 27.5 Å². The molecule has 1 aromatic rings. The average Bonchev–Trinajstić information content (AvgIpc) is 2.05. The maximum Gasteiger partial charge on any atom is 0.0585 e. The largest absolute Gasteiger partial charge is 0.322 e. The van der Waals surface area contributed by atoms with Crippen LogP contribution in [-0.4, -0.2) is 4.98 Å². The zero-order chi connectivity index (χ0) is 8.97. The molecule has 64 valence electrons. The molecule has 1 heterocycles. The van der Waals surface area contributed by atoms with Crippen LogP contribution >= 0.6 is 15.9 Å². The molecule has 1 atom stereocenters. The highest BCUT2D eigenvalue weighted by Gasteiger charge is 2.04. The van der Waals surface area contributed by atoms with Crippen LogP contribution in [0.3, 0.4) is 0 Å². The number of halogens is 1. The van der Waals surface area contributed by atoms with Crippen LogP contribution in [-0.2, 0) is 0 Å². The quantitative estimate of drug-likeness (QED) is 0.805. The van der Waals surface area contributed by atoms with Crippen molar-refractivity contribution in [3.05, 3.63) is 41.2 Å². The van der Waals surface area contributed by atoms with Gasteiger partial charge in [0.05, 0.1) is 11.7 Å². The van der Waals surface area contributed by atoms with Crippen LogP contribution in [0.5, 0.6) is 0 Å². The molecule has 0 spiro atoms. The summed E-state index contributed by atoms with van der Waals surface area (Å²) in [5.74, 6) is 0. The topological polar surface area (TPSA) is 38.9 Å². The van der Waals surface area contributed by atoms with Crippen molar-refractivity contribution >= 4 is 15.9 Å². The molecule has 1 aromatic heterocycles. The fourth-order valence-electron chi connectivity index (χ4n) is 0.924. The number of nitrogens with zero attached hydrogens (tertiary/aromatic N) is 1. The zero-order valence-electron chi connectivity index (χ0n) is 6.70. The van der Waals surface area contributed by atoms with E-state index in [0.717, 1.165) is 16.6 Å². The van der Waals surface area contributed by atoms with Gasteiger partial charge in [0.15, 0.2) is 0 Å². The van der Waals surface area contributed by atoms with E-state index in [1.807, 2.05) is 12.1 Å². The van der Waals surface area contributed by atoms with Gasteiger partial charge < -0.3 is 5.73 Å². The third kappa shape index (κ3) is 2.43. The summed E-state index contributed by atoms with van der Waals surface area (Å²) in [7, 11) is 0. The van der Waals surface area contributed by atoms with Gasteiger partial charge in [-0.05, 0) is 18.6 Å². The third-order valence-corrected chi connectivity index (χ3v) is 2.04. The van der Waals surface area contributed by atoms with E-state index in [0.29, 0.717) is 0 Å². The number of hydrogen-bond acceptors (Lipinski definition) is 2. The smallest absolute Gasteiger partial charge is 0.0585 e. The highest BCUT2D eigenvalue weighted by molar-refractivity contribution is 9.10. The summed E-state index contributed by atoms with van der Waals surface area (Å²) < 4.78 is 1.01. The molecule has 0 radical (unpaired) electrons. The van der Waals surface area contributed by atoms with Gasteiger partial charge in [-0.3, -0.25) is 4.98 Å². The van der Waals surface area contributed by atoms with Gasteiger partial charge in [-0.15, -0.1) is 6.58 Å². The van der Waals surface area contributed by atoms with Gasteiger partial charge in [-0.1, -0.05) is 22.0 Å². The Balaban J connectivity index is 2.80. The first-order valence-corrected chi connectivity index (χ1v) is 4.51. The van der Waals surface area contributed by atoms with Gasteiger partial charge in [-0.2, -0.15) is 0 Å². The maximum absolute atomic E-state index is 5.82. The van der Waals surface area contributed by atoms with E-state index < -0.39 is 0 Å². The molecule has 0 saturated carbocycles. The standard InChI is InChI=1S/C9H11BrN2/c1-2-3-8(11)9-6-7(10)4-5-12-9/h2,4-6,8H,1,3,11H2/t8-/m0/s1. The van der Waals surface area contributed by atoms with Crippen LogP contribution in [0.1, 0.15) is 18.2 Å². The predicted molar refractivity (Wildman–Crippen MR) is 53.7 cm³/mol. The summed E-state index contributed by atoms with van der Waals surface area (Å²) in [6, 6.07) is 3.76. The summed E-state index contributed by atoms with van der Waals surface area (Å²) in [5, 5.41) is 0. The van der Waals surface area contributed by atoms with E-state index in [1.54, 1.807) is 12.3 Å². The van der Waals surface area contributed by atoms with E-state index in [4.69, 9.17) is 5.73 Å². The number of rotatable bonds is 3. The lowest BCUT2D eigenvalue weighted by Gasteiger charge is -2.07. The lowest BCUT2D eigenvalue weighted by molar-refractivity contribution is 0.713. The lowest BCUT2D eigenvalue weighted by atomic mass is 10.1. The van der Waals surface area contributed by atoms with Crippen molar-refractivity contribution in [3.63, 3.8) is 0 Å². The Labute approximate surface area is 80.6 Å². The summed E-state index contributed by atoms with van der Waals surface area (Å²) >= 11 is 3.36. The molecule has 0 aliphatic rings. The van der Waals surface area contributed by atoms with Crippen molar-refractivity contribution in [3.8, 4) is 0 Å². The molecular weight excluding hydrogens is 216 g/mol. The van der Waals surface area contributed by atoms with Crippen LogP contribution in [0.2, 0.25) is 0 Å². The predicted octanol–water partition coefficient (Wildman–Crippen LogP) is 2.42. The summed E-state index contributed by atoms with van der Waals surface area (Å²) in [5.41, 5.74) is 6.71. The average molecular weight is 227 g/mol. The van der Waals surface area contributed by atoms with E-state index in [1.165, 1.54) is 0 Å². The summed E-state index contributed by atoms with van der Waals surface area (Å²) in [6.45, 7) is 3.63. The van der Waals surface area contributed by atoms with Gasteiger partial charge in [0.2, 0.25) is 0 Å². The van der Waals surface area contributed by atoms with Crippen LogP contribution in [0.15, 0.2) is 35.5 Å². The van der Waals surface area contributed by atoms with Crippen LogP contribution < -0.4 is 5.73 Å². The Kier molecular flexibility index (Phi) is 3.44. The van der Waals surface area contributed by atoms with Gasteiger partial charge in [0, 0.05) is 10.7 Å². The van der Waals surface area contributed by atoms with Gasteiger partial charge >= 0.3 is 0 Å². The molecular formula is C9H11BrN2. The molecule has 0 aliphatic carbocycles. The second-order valence-electron chi connectivity index (χ2n) is 2.53. The Morgan fingerprint density at radius 1 is 1.75 bits per heavy atom. The highest BCUT2D eigenvalue weighted by Crippen LogP contribution is 2.16. The summed E-state index contributed by atoms with van der Waals surface area (Å²) in [6.07, 6.45) is 4.29. The molecule has 2 N–H and O–H groups in total. The SMILES string of the molecule is C=CC[C@H](N)c1cc(Br)ccn1. The number of nitrogens with two attached hydrogens (primary N) is 1. The molecule has 0 bridgehead atoms. The normalized spacial score (nSPS) is 12.5. The molecule has 0 aliphatic heterocycles. The first-order chi connectivity index (χ1) is 5.74. The number of pyridine rings is 1. The highest BCUT2D eigenvalue weighted by atomic mass is 79.9. The second kappa shape index (κ2) is 4.38. The van der Waals surface area contributed by atoms with E-state index in [9.17, 15) is 0 Å². The van der Waals surface area contributed by atoms with Crippen LogP contribution in [0, 0.1) is 0 Å². The minimum Gasteiger partial charge on any atom is -0.322 e.